The van der Waals surface area contributed by atoms with Gasteiger partial charge in [0.25, 0.3) is 0 Å². The first-order valence-electron chi connectivity index (χ1n) is 27.2. The molecular formula is C68H82IrN4O4Pt-2. The first kappa shape index (κ1) is 66.9. The van der Waals surface area contributed by atoms with E-state index >= 15 is 0 Å². The zero-order valence-corrected chi connectivity index (χ0v) is 51.6. The second-order valence-corrected chi connectivity index (χ2v) is 21.6. The first-order chi connectivity index (χ1) is 36.5. The molecule has 6 aromatic carbocycles. The minimum Gasteiger partial charge on any atom is -0.393 e. The van der Waals surface area contributed by atoms with E-state index in [1.807, 2.05) is 200 Å². The number of aliphatic hydroxyl groups is 4. The van der Waals surface area contributed by atoms with Crippen molar-refractivity contribution in [3.63, 3.8) is 0 Å². The maximum Gasteiger partial charge on any atom is 0.0873 e. The Balaban J connectivity index is 0.000000281. The molecule has 4 unspecified atom stereocenters. The number of benzene rings is 6. The summed E-state index contributed by atoms with van der Waals surface area (Å²) in [5.74, 6) is 0. The van der Waals surface area contributed by atoms with E-state index in [9.17, 15) is 15.3 Å². The second kappa shape index (κ2) is 35.3. The molecule has 0 aliphatic rings. The van der Waals surface area contributed by atoms with Crippen LogP contribution in [0.2, 0.25) is 0 Å². The van der Waals surface area contributed by atoms with Gasteiger partial charge in [0, 0.05) is 82.5 Å². The third-order valence-electron chi connectivity index (χ3n) is 12.9. The third kappa shape index (κ3) is 23.2. The van der Waals surface area contributed by atoms with Gasteiger partial charge >= 0.3 is 0 Å². The van der Waals surface area contributed by atoms with Gasteiger partial charge in [-0.3, -0.25) is 9.97 Å². The fraction of sp³-hybridized carbons (Fsp3) is 0.353. The number of aliphatic hydroxyl groups excluding tert-OH is 4. The molecule has 0 aliphatic carbocycles. The zero-order valence-electron chi connectivity index (χ0n) is 46.9. The van der Waals surface area contributed by atoms with Crippen LogP contribution in [0.15, 0.2) is 182 Å². The van der Waals surface area contributed by atoms with Crippen LogP contribution in [-0.4, -0.2) is 64.8 Å². The topological polar surface area (TPSA) is 132 Å². The Morgan fingerprint density at radius 3 is 1.12 bits per heavy atom. The van der Waals surface area contributed by atoms with Gasteiger partial charge in [0.2, 0.25) is 0 Å². The largest absolute Gasteiger partial charge is 0.393 e. The average Bonchev–Trinajstić information content (AvgIpc) is 3.44. The molecular weight excluding hydrogens is 1320 g/mol. The monoisotopic (exact) mass is 1410 g/mol. The molecule has 10 heteroatoms. The predicted molar refractivity (Wildman–Crippen MR) is 315 cm³/mol. The van der Waals surface area contributed by atoms with Crippen LogP contribution in [0, 0.1) is 23.0 Å². The summed E-state index contributed by atoms with van der Waals surface area (Å²) in [6.07, 6.45) is 12.9. The van der Waals surface area contributed by atoms with Gasteiger partial charge in [0.1, 0.15) is 0 Å². The smallest absolute Gasteiger partial charge is 0.0873 e. The van der Waals surface area contributed by atoms with Gasteiger partial charge in [0.15, 0.2) is 0 Å². The maximum absolute atomic E-state index is 9.76. The Morgan fingerprint density at radius 1 is 0.436 bits per heavy atom. The fourth-order valence-electron chi connectivity index (χ4n) is 8.11. The number of nitrogens with zero attached hydrogens (tertiary/aromatic N) is 4. The van der Waals surface area contributed by atoms with Gasteiger partial charge in [0.05, 0.1) is 47.2 Å². The summed E-state index contributed by atoms with van der Waals surface area (Å²) in [5, 5.41) is 38.1. The van der Waals surface area contributed by atoms with Crippen molar-refractivity contribution in [1.29, 1.82) is 0 Å². The van der Waals surface area contributed by atoms with Crippen LogP contribution in [-0.2, 0) is 41.2 Å². The minimum atomic E-state index is -0.443. The summed E-state index contributed by atoms with van der Waals surface area (Å²) < 4.78 is 0. The molecule has 4 N–H and O–H groups in total. The summed E-state index contributed by atoms with van der Waals surface area (Å²) >= 11 is 0. The van der Waals surface area contributed by atoms with Crippen LogP contribution in [0.3, 0.4) is 0 Å². The third-order valence-corrected chi connectivity index (χ3v) is 12.9. The normalized spacial score (nSPS) is 12.5. The molecule has 2 aromatic heterocycles. The van der Waals surface area contributed by atoms with E-state index < -0.39 is 12.2 Å². The van der Waals surface area contributed by atoms with E-state index in [1.165, 1.54) is 38.5 Å². The van der Waals surface area contributed by atoms with Gasteiger partial charge in [-0.15, -0.1) is 71.8 Å². The Labute approximate surface area is 495 Å². The van der Waals surface area contributed by atoms with Crippen LogP contribution in [0.1, 0.15) is 120 Å². The quantitative estimate of drug-likeness (QED) is 0.0493. The van der Waals surface area contributed by atoms with E-state index in [-0.39, 0.29) is 64.2 Å². The molecule has 0 bridgehead atoms. The van der Waals surface area contributed by atoms with Gasteiger partial charge in [-0.1, -0.05) is 215 Å². The molecule has 419 valence electrons. The van der Waals surface area contributed by atoms with Crippen LogP contribution < -0.4 is 0 Å². The summed E-state index contributed by atoms with van der Waals surface area (Å²) in [4.78, 5) is 19.2. The average molecular weight is 1410 g/mol. The van der Waals surface area contributed by atoms with Gasteiger partial charge in [-0.2, -0.15) is 0 Å². The molecule has 0 saturated heterocycles. The molecule has 0 saturated carbocycles. The van der Waals surface area contributed by atoms with Crippen molar-refractivity contribution in [2.24, 2.45) is 10.8 Å². The van der Waals surface area contributed by atoms with Crippen molar-refractivity contribution in [2.45, 2.75) is 144 Å². The van der Waals surface area contributed by atoms with Crippen LogP contribution in [0.5, 0.6) is 0 Å². The van der Waals surface area contributed by atoms with E-state index in [0.29, 0.717) is 12.8 Å². The Hall–Kier alpha value is -5.34. The van der Waals surface area contributed by atoms with Crippen molar-refractivity contribution in [2.75, 3.05) is 0 Å². The molecule has 8 nitrogen and oxygen atoms in total. The van der Waals surface area contributed by atoms with E-state index in [4.69, 9.17) is 25.0 Å². The maximum atomic E-state index is 9.76. The SMILES string of the molecule is CC(C)(C)C(O)CC(O)C(C)(C)C.CCCCCCCCCC(O)CC(C)O.[Ir].[Pt].[c-]1ccccc1-c1ncc(-c2ccccc2)nc1-c1ccccc1.[c-]1ccccc1-c1ncc(-c2ccccc2)nc1-c1ccccc1. The Bertz CT molecular complexity index is 2640. The molecule has 8 rings (SSSR count). The zero-order chi connectivity index (χ0) is 54.8. The number of hydrogen-bond donors (Lipinski definition) is 4. The van der Waals surface area contributed by atoms with Crippen molar-refractivity contribution in [3.8, 4) is 67.5 Å². The van der Waals surface area contributed by atoms with Crippen molar-refractivity contribution in [3.05, 3.63) is 194 Å². The van der Waals surface area contributed by atoms with Crippen molar-refractivity contribution in [1.82, 2.24) is 19.9 Å². The van der Waals surface area contributed by atoms with Gasteiger partial charge < -0.3 is 30.4 Å². The molecule has 78 heavy (non-hydrogen) atoms. The molecule has 0 amide bonds. The summed E-state index contributed by atoms with van der Waals surface area (Å²) in [6, 6.07) is 62.8. The van der Waals surface area contributed by atoms with Crippen molar-refractivity contribution < 1.29 is 61.6 Å². The number of aromatic nitrogens is 4. The van der Waals surface area contributed by atoms with E-state index in [0.717, 1.165) is 80.4 Å². The summed E-state index contributed by atoms with van der Waals surface area (Å²) in [7, 11) is 0. The number of hydrogen-bond acceptors (Lipinski definition) is 8. The first-order valence-corrected chi connectivity index (χ1v) is 27.2. The molecule has 4 atom stereocenters. The molecule has 2 heterocycles. The second-order valence-electron chi connectivity index (χ2n) is 21.6. The number of rotatable bonds is 18. The predicted octanol–water partition coefficient (Wildman–Crippen LogP) is 16.0. The standard InChI is InChI=1S/2C22H15N2.C13H28O2.C11H24O2.Ir.Pt/c2*1-4-10-17(11-5-1)20-16-23-21(18-12-6-2-7-13-18)22(24-20)19-14-8-3-9-15-19;1-3-4-5-6-7-8-9-10-13(15)11-12(2)14;1-10(2,3)8(12)7-9(13)11(4,5)6;;/h2*1-12,14-16H;12-15H,3-11H2,1-2H3;8-9,12-13H,7H2,1-6H3;;/q2*-1;;;;. The molecule has 0 fully saturated rings. The van der Waals surface area contributed by atoms with Crippen molar-refractivity contribution >= 4 is 0 Å². The Kier molecular flexibility index (Phi) is 30.3. The molecule has 8 aromatic rings. The molecule has 0 spiro atoms. The number of unbranched alkanes of at least 4 members (excludes halogenated alkanes) is 6. The van der Waals surface area contributed by atoms with Crippen LogP contribution >= 0.6 is 0 Å². The molecule has 0 aliphatic heterocycles. The van der Waals surface area contributed by atoms with E-state index in [1.54, 1.807) is 6.92 Å². The van der Waals surface area contributed by atoms with Gasteiger partial charge in [-0.25, -0.2) is 0 Å². The summed E-state index contributed by atoms with van der Waals surface area (Å²) in [6.45, 7) is 15.8. The molecule has 1 radical (unpaired) electrons. The van der Waals surface area contributed by atoms with Crippen LogP contribution in [0.4, 0.5) is 0 Å². The summed E-state index contributed by atoms with van der Waals surface area (Å²) in [5.41, 5.74) is 11.0. The van der Waals surface area contributed by atoms with Crippen LogP contribution in [0.25, 0.3) is 67.5 Å². The van der Waals surface area contributed by atoms with Gasteiger partial charge in [-0.05, 0) is 41.7 Å². The Morgan fingerprint density at radius 2 is 0.782 bits per heavy atom. The fourth-order valence-corrected chi connectivity index (χ4v) is 8.11. The minimum absolute atomic E-state index is 0. The van der Waals surface area contributed by atoms with E-state index in [2.05, 4.69) is 43.3 Å².